The second-order valence-corrected chi connectivity index (χ2v) is 3.80. The number of aryl methyl sites for hydroxylation is 1. The molecule has 0 aromatic carbocycles. The number of ether oxygens (including phenoxy) is 1. The van der Waals surface area contributed by atoms with Crippen LogP contribution in [0.1, 0.15) is 27.3 Å². The maximum absolute atomic E-state index is 11.1. The summed E-state index contributed by atoms with van der Waals surface area (Å²) in [6.45, 7) is 2.58. The van der Waals surface area contributed by atoms with E-state index in [1.54, 1.807) is 6.92 Å². The summed E-state index contributed by atoms with van der Waals surface area (Å²) >= 11 is 5.93. The molecule has 0 amide bonds. The zero-order valence-corrected chi connectivity index (χ0v) is 8.97. The van der Waals surface area contributed by atoms with E-state index in [9.17, 15) is 4.79 Å². The van der Waals surface area contributed by atoms with Crippen LogP contribution in [-0.4, -0.2) is 22.7 Å². The summed E-state index contributed by atoms with van der Waals surface area (Å²) in [5.74, 6) is -1.02. The number of hydrogen-bond donors (Lipinski definition) is 1. The van der Waals surface area contributed by atoms with Crippen molar-refractivity contribution < 1.29 is 14.6 Å². The van der Waals surface area contributed by atoms with Crippen molar-refractivity contribution in [3.8, 4) is 0 Å². The highest BCUT2D eigenvalue weighted by Crippen LogP contribution is 2.28. The van der Waals surface area contributed by atoms with Crippen molar-refractivity contribution in [3.05, 3.63) is 27.5 Å². The molecule has 0 saturated carbocycles. The maximum atomic E-state index is 11.1. The number of aromatic carboxylic acids is 1. The van der Waals surface area contributed by atoms with Gasteiger partial charge in [-0.3, -0.25) is 4.98 Å². The van der Waals surface area contributed by atoms with Crippen molar-refractivity contribution in [1.82, 2.24) is 4.98 Å². The van der Waals surface area contributed by atoms with E-state index >= 15 is 0 Å². The Kier molecular flexibility index (Phi) is 2.63. The van der Waals surface area contributed by atoms with Crippen molar-refractivity contribution in [2.45, 2.75) is 20.0 Å². The summed E-state index contributed by atoms with van der Waals surface area (Å²) < 4.78 is 5.22. The number of carbonyl (C=O) groups is 1. The summed E-state index contributed by atoms with van der Waals surface area (Å²) in [5, 5.41) is 9.29. The van der Waals surface area contributed by atoms with Crippen molar-refractivity contribution in [2.24, 2.45) is 0 Å². The fraction of sp³-hybridized carbons (Fsp3) is 0.400. The number of halogens is 1. The second kappa shape index (κ2) is 3.79. The highest BCUT2D eigenvalue weighted by Gasteiger charge is 2.23. The van der Waals surface area contributed by atoms with E-state index < -0.39 is 5.97 Å². The molecule has 4 nitrogen and oxygen atoms in total. The van der Waals surface area contributed by atoms with Crippen LogP contribution in [-0.2, 0) is 17.8 Å². The molecule has 0 saturated heterocycles. The maximum Gasteiger partial charge on any atom is 0.337 e. The van der Waals surface area contributed by atoms with Crippen molar-refractivity contribution in [3.63, 3.8) is 0 Å². The number of fused-ring (bicyclic) bond motifs is 1. The van der Waals surface area contributed by atoms with E-state index in [4.69, 9.17) is 21.4 Å². The molecule has 0 aliphatic carbocycles. The van der Waals surface area contributed by atoms with Crippen LogP contribution in [0.15, 0.2) is 0 Å². The Balaban J connectivity index is 2.68. The third kappa shape index (κ3) is 1.70. The van der Waals surface area contributed by atoms with Crippen LogP contribution in [0.5, 0.6) is 0 Å². The summed E-state index contributed by atoms with van der Waals surface area (Å²) in [6.07, 6.45) is 0.646. The van der Waals surface area contributed by atoms with E-state index in [0.717, 1.165) is 5.69 Å². The monoisotopic (exact) mass is 227 g/mol. The van der Waals surface area contributed by atoms with E-state index in [1.165, 1.54) is 0 Å². The van der Waals surface area contributed by atoms with Crippen LogP contribution >= 0.6 is 11.6 Å². The van der Waals surface area contributed by atoms with Gasteiger partial charge in [-0.05, 0) is 6.92 Å². The predicted molar refractivity (Wildman–Crippen MR) is 54.3 cm³/mol. The summed E-state index contributed by atoms with van der Waals surface area (Å²) in [5.41, 5.74) is 2.11. The van der Waals surface area contributed by atoms with Gasteiger partial charge in [-0.15, -0.1) is 0 Å². The molecule has 1 aromatic rings. The van der Waals surface area contributed by atoms with Gasteiger partial charge in [0.25, 0.3) is 0 Å². The van der Waals surface area contributed by atoms with Crippen molar-refractivity contribution in [1.29, 1.82) is 0 Å². The van der Waals surface area contributed by atoms with E-state index in [1.807, 2.05) is 0 Å². The van der Waals surface area contributed by atoms with Gasteiger partial charge in [0.1, 0.15) is 0 Å². The van der Waals surface area contributed by atoms with Gasteiger partial charge in [-0.2, -0.15) is 0 Å². The first kappa shape index (κ1) is 10.4. The Hall–Kier alpha value is -1.13. The summed E-state index contributed by atoms with van der Waals surface area (Å²) in [7, 11) is 0. The minimum atomic E-state index is -1.02. The molecule has 0 unspecified atom stereocenters. The number of nitrogens with zero attached hydrogens (tertiary/aromatic N) is 1. The minimum absolute atomic E-state index is 0.138. The molecular formula is C10H10ClNO3. The Bertz CT molecular complexity index is 431. The number of carboxylic acid groups (broad SMARTS) is 1. The van der Waals surface area contributed by atoms with Crippen LogP contribution < -0.4 is 0 Å². The topological polar surface area (TPSA) is 59.4 Å². The Morgan fingerprint density at radius 3 is 3.00 bits per heavy atom. The first-order valence-corrected chi connectivity index (χ1v) is 4.98. The van der Waals surface area contributed by atoms with Gasteiger partial charge in [-0.25, -0.2) is 4.79 Å². The molecule has 15 heavy (non-hydrogen) atoms. The Morgan fingerprint density at radius 1 is 1.60 bits per heavy atom. The summed E-state index contributed by atoms with van der Waals surface area (Å²) in [4.78, 5) is 15.4. The largest absolute Gasteiger partial charge is 0.478 e. The first-order valence-electron chi connectivity index (χ1n) is 4.60. The molecule has 0 radical (unpaired) electrons. The van der Waals surface area contributed by atoms with Crippen molar-refractivity contribution >= 4 is 17.6 Å². The third-order valence-corrected chi connectivity index (χ3v) is 2.90. The number of pyridine rings is 1. The van der Waals surface area contributed by atoms with Gasteiger partial charge in [0, 0.05) is 17.7 Å². The van der Waals surface area contributed by atoms with E-state index in [-0.39, 0.29) is 17.2 Å². The number of aromatic nitrogens is 1. The highest BCUT2D eigenvalue weighted by atomic mass is 35.5. The van der Waals surface area contributed by atoms with Crippen LogP contribution in [0, 0.1) is 6.92 Å². The fourth-order valence-corrected chi connectivity index (χ4v) is 1.94. The molecule has 2 heterocycles. The second-order valence-electron chi connectivity index (χ2n) is 3.42. The lowest BCUT2D eigenvalue weighted by atomic mass is 10.0. The summed E-state index contributed by atoms with van der Waals surface area (Å²) in [6, 6.07) is 0. The zero-order chi connectivity index (χ0) is 11.0. The minimum Gasteiger partial charge on any atom is -0.478 e. The molecule has 1 aromatic heterocycles. The number of carboxylic acids is 1. The van der Waals surface area contributed by atoms with Gasteiger partial charge < -0.3 is 9.84 Å². The lowest BCUT2D eigenvalue weighted by Gasteiger charge is -2.19. The van der Waals surface area contributed by atoms with Crippen LogP contribution in [0.2, 0.25) is 5.02 Å². The highest BCUT2D eigenvalue weighted by molar-refractivity contribution is 6.34. The SMILES string of the molecule is Cc1nc2c(c(C(=O)O)c1Cl)COCC2. The molecule has 1 aliphatic heterocycles. The number of hydrogen-bond acceptors (Lipinski definition) is 3. The van der Waals surface area contributed by atoms with E-state index in [2.05, 4.69) is 4.98 Å². The van der Waals surface area contributed by atoms with E-state index in [0.29, 0.717) is 24.3 Å². The lowest BCUT2D eigenvalue weighted by Crippen LogP contribution is -2.18. The quantitative estimate of drug-likeness (QED) is 0.795. The van der Waals surface area contributed by atoms with Gasteiger partial charge in [0.15, 0.2) is 0 Å². The molecule has 0 bridgehead atoms. The lowest BCUT2D eigenvalue weighted by molar-refractivity contribution is 0.0680. The van der Waals surface area contributed by atoms with Crippen molar-refractivity contribution in [2.75, 3.05) is 6.61 Å². The predicted octanol–water partition coefficient (Wildman–Crippen LogP) is 1.81. The van der Waals surface area contributed by atoms with Crippen LogP contribution in [0.4, 0.5) is 0 Å². The average Bonchev–Trinajstić information content (AvgIpc) is 2.19. The normalized spacial score (nSPS) is 14.8. The molecule has 1 aliphatic rings. The van der Waals surface area contributed by atoms with Crippen LogP contribution in [0.3, 0.4) is 0 Å². The Morgan fingerprint density at radius 2 is 2.33 bits per heavy atom. The molecule has 0 atom stereocenters. The Labute approximate surface area is 91.8 Å². The van der Waals surface area contributed by atoms with Gasteiger partial charge >= 0.3 is 5.97 Å². The van der Waals surface area contributed by atoms with Gasteiger partial charge in [0.2, 0.25) is 0 Å². The fourth-order valence-electron chi connectivity index (χ4n) is 1.70. The molecule has 80 valence electrons. The average molecular weight is 228 g/mol. The first-order chi connectivity index (χ1) is 7.11. The molecule has 5 heteroatoms. The molecular weight excluding hydrogens is 218 g/mol. The van der Waals surface area contributed by atoms with Crippen LogP contribution in [0.25, 0.3) is 0 Å². The molecule has 1 N–H and O–H groups in total. The smallest absolute Gasteiger partial charge is 0.337 e. The molecule has 2 rings (SSSR count). The number of rotatable bonds is 1. The molecule has 0 spiro atoms. The van der Waals surface area contributed by atoms with Gasteiger partial charge in [0.05, 0.1) is 29.5 Å². The zero-order valence-electron chi connectivity index (χ0n) is 8.21. The van der Waals surface area contributed by atoms with Gasteiger partial charge in [-0.1, -0.05) is 11.6 Å². The molecule has 0 fully saturated rings. The third-order valence-electron chi connectivity index (χ3n) is 2.43. The standard InChI is InChI=1S/C10H10ClNO3/c1-5-9(11)8(10(13)14)6-4-15-3-2-7(6)12-5/h2-4H2,1H3,(H,13,14).